The first-order valence-electron chi connectivity index (χ1n) is 7.52. The molecule has 1 unspecified atom stereocenters. The molecule has 2 rings (SSSR count). The molecule has 0 aromatic heterocycles. The van der Waals surface area contributed by atoms with Gasteiger partial charge in [-0.15, -0.1) is 0 Å². The van der Waals surface area contributed by atoms with Crippen LogP contribution in [0.4, 0.5) is 0 Å². The minimum Gasteiger partial charge on any atom is -0.368 e. The minimum atomic E-state index is 0.200. The van der Waals surface area contributed by atoms with E-state index in [2.05, 4.69) is 25.7 Å². The molecule has 0 spiro atoms. The quantitative estimate of drug-likeness (QED) is 0.728. The summed E-state index contributed by atoms with van der Waals surface area (Å²) >= 11 is 0. The summed E-state index contributed by atoms with van der Waals surface area (Å²) in [4.78, 5) is 14.4. The van der Waals surface area contributed by atoms with Gasteiger partial charge in [-0.1, -0.05) is 26.7 Å². The van der Waals surface area contributed by atoms with Gasteiger partial charge in [-0.2, -0.15) is 0 Å². The van der Waals surface area contributed by atoms with Crippen molar-refractivity contribution in [1.82, 2.24) is 4.90 Å². The van der Waals surface area contributed by atoms with Gasteiger partial charge in [-0.25, -0.2) is 0 Å². The fraction of sp³-hybridized carbons (Fsp3) is 0.933. The number of rotatable bonds is 6. The van der Waals surface area contributed by atoms with Crippen molar-refractivity contribution < 1.29 is 9.53 Å². The number of amides is 1. The third-order valence-electron chi connectivity index (χ3n) is 4.38. The molecule has 0 heterocycles. The van der Waals surface area contributed by atoms with Crippen molar-refractivity contribution in [3.05, 3.63) is 0 Å². The standard InChI is InChI=1S/C15H27NO2/c1-11(2)12(3)16(13-8-9-13)15(17)10-18-14-6-4-5-7-14/h11-14H,4-10H2,1-3H3. The molecule has 1 amide bonds. The molecule has 3 heteroatoms. The third kappa shape index (κ3) is 3.47. The van der Waals surface area contributed by atoms with E-state index in [9.17, 15) is 4.79 Å². The molecule has 18 heavy (non-hydrogen) atoms. The molecule has 2 aliphatic rings. The summed E-state index contributed by atoms with van der Waals surface area (Å²) in [5.41, 5.74) is 0. The van der Waals surface area contributed by atoms with E-state index in [-0.39, 0.29) is 12.5 Å². The molecular weight excluding hydrogens is 226 g/mol. The Hall–Kier alpha value is -0.570. The Balaban J connectivity index is 1.83. The highest BCUT2D eigenvalue weighted by Gasteiger charge is 2.36. The molecule has 1 atom stereocenters. The van der Waals surface area contributed by atoms with E-state index in [1.807, 2.05) is 0 Å². The Morgan fingerprint density at radius 2 is 1.78 bits per heavy atom. The highest BCUT2D eigenvalue weighted by atomic mass is 16.5. The van der Waals surface area contributed by atoms with Gasteiger partial charge in [-0.05, 0) is 38.5 Å². The molecule has 0 aromatic rings. The van der Waals surface area contributed by atoms with Gasteiger partial charge < -0.3 is 9.64 Å². The Labute approximate surface area is 111 Å². The molecule has 0 saturated heterocycles. The van der Waals surface area contributed by atoms with Crippen LogP contribution in [0.3, 0.4) is 0 Å². The number of hydrogen-bond acceptors (Lipinski definition) is 2. The second-order valence-corrected chi connectivity index (χ2v) is 6.23. The highest BCUT2D eigenvalue weighted by molar-refractivity contribution is 5.78. The van der Waals surface area contributed by atoms with Gasteiger partial charge in [0.2, 0.25) is 5.91 Å². The summed E-state index contributed by atoms with van der Waals surface area (Å²) in [7, 11) is 0. The SMILES string of the molecule is CC(C)C(C)N(C(=O)COC1CCCC1)C1CC1. The average molecular weight is 253 g/mol. The normalized spacial score (nSPS) is 22.4. The van der Waals surface area contributed by atoms with Crippen LogP contribution < -0.4 is 0 Å². The Kier molecular flexibility index (Phi) is 4.66. The monoisotopic (exact) mass is 253 g/mol. The summed E-state index contributed by atoms with van der Waals surface area (Å²) in [6, 6.07) is 0.819. The number of hydrogen-bond donors (Lipinski definition) is 0. The van der Waals surface area contributed by atoms with Gasteiger partial charge >= 0.3 is 0 Å². The maximum Gasteiger partial charge on any atom is 0.249 e. The lowest BCUT2D eigenvalue weighted by atomic mass is 10.0. The van der Waals surface area contributed by atoms with Gasteiger partial charge in [0.25, 0.3) is 0 Å². The molecular formula is C15H27NO2. The van der Waals surface area contributed by atoms with Crippen LogP contribution in [-0.2, 0) is 9.53 Å². The fourth-order valence-corrected chi connectivity index (χ4v) is 2.76. The van der Waals surface area contributed by atoms with Crippen molar-refractivity contribution in [2.24, 2.45) is 5.92 Å². The lowest BCUT2D eigenvalue weighted by Crippen LogP contribution is -2.45. The first-order chi connectivity index (χ1) is 8.59. The summed E-state index contributed by atoms with van der Waals surface area (Å²) in [6.07, 6.45) is 7.47. The summed E-state index contributed by atoms with van der Waals surface area (Å²) in [5, 5.41) is 0. The van der Waals surface area contributed by atoms with Crippen LogP contribution in [0.1, 0.15) is 59.3 Å². The zero-order chi connectivity index (χ0) is 13.1. The predicted octanol–water partition coefficient (Wildman–Crippen LogP) is 2.98. The fourth-order valence-electron chi connectivity index (χ4n) is 2.76. The van der Waals surface area contributed by atoms with Crippen LogP contribution in [0.5, 0.6) is 0 Å². The average Bonchev–Trinajstić information content (AvgIpc) is 3.02. The van der Waals surface area contributed by atoms with Gasteiger partial charge in [-0.3, -0.25) is 4.79 Å². The zero-order valence-electron chi connectivity index (χ0n) is 12.0. The molecule has 2 saturated carbocycles. The van der Waals surface area contributed by atoms with Crippen LogP contribution in [0.25, 0.3) is 0 Å². The van der Waals surface area contributed by atoms with Crippen molar-refractivity contribution in [2.45, 2.75) is 77.5 Å². The number of carbonyl (C=O) groups excluding carboxylic acids is 1. The van der Waals surface area contributed by atoms with Gasteiger partial charge in [0.1, 0.15) is 6.61 Å². The van der Waals surface area contributed by atoms with Crippen LogP contribution in [-0.4, -0.2) is 35.6 Å². The van der Waals surface area contributed by atoms with E-state index < -0.39 is 0 Å². The van der Waals surface area contributed by atoms with E-state index in [4.69, 9.17) is 4.74 Å². The summed E-state index contributed by atoms with van der Waals surface area (Å²) in [5.74, 6) is 0.714. The van der Waals surface area contributed by atoms with Gasteiger partial charge in [0, 0.05) is 12.1 Å². The smallest absolute Gasteiger partial charge is 0.249 e. The van der Waals surface area contributed by atoms with Gasteiger partial charge in [0.05, 0.1) is 6.10 Å². The van der Waals surface area contributed by atoms with E-state index >= 15 is 0 Å². The molecule has 104 valence electrons. The van der Waals surface area contributed by atoms with E-state index in [1.165, 1.54) is 25.7 Å². The Morgan fingerprint density at radius 1 is 1.17 bits per heavy atom. The third-order valence-corrected chi connectivity index (χ3v) is 4.38. The number of carbonyl (C=O) groups is 1. The van der Waals surface area contributed by atoms with Gasteiger partial charge in [0.15, 0.2) is 0 Å². The first-order valence-corrected chi connectivity index (χ1v) is 7.52. The zero-order valence-corrected chi connectivity index (χ0v) is 12.0. The van der Waals surface area contributed by atoms with E-state index in [1.54, 1.807) is 0 Å². The van der Waals surface area contributed by atoms with E-state index in [0.29, 0.717) is 24.1 Å². The maximum atomic E-state index is 12.3. The molecule has 0 N–H and O–H groups in total. The van der Waals surface area contributed by atoms with Crippen molar-refractivity contribution in [1.29, 1.82) is 0 Å². The van der Waals surface area contributed by atoms with Crippen LogP contribution in [0.2, 0.25) is 0 Å². The van der Waals surface area contributed by atoms with Crippen molar-refractivity contribution >= 4 is 5.91 Å². The first kappa shape index (κ1) is 13.9. The van der Waals surface area contributed by atoms with Crippen molar-refractivity contribution in [3.63, 3.8) is 0 Å². The lowest BCUT2D eigenvalue weighted by molar-refractivity contribution is -0.141. The molecule has 0 aliphatic heterocycles. The highest BCUT2D eigenvalue weighted by Crippen LogP contribution is 2.31. The van der Waals surface area contributed by atoms with Crippen molar-refractivity contribution in [3.8, 4) is 0 Å². The maximum absolute atomic E-state index is 12.3. The molecule has 2 fully saturated rings. The topological polar surface area (TPSA) is 29.5 Å². The lowest BCUT2D eigenvalue weighted by Gasteiger charge is -2.32. The van der Waals surface area contributed by atoms with E-state index in [0.717, 1.165) is 12.8 Å². The Morgan fingerprint density at radius 3 is 2.28 bits per heavy atom. The Bertz CT molecular complexity index is 280. The number of nitrogens with zero attached hydrogens (tertiary/aromatic N) is 1. The number of ether oxygens (including phenoxy) is 1. The molecule has 3 nitrogen and oxygen atoms in total. The molecule has 0 aromatic carbocycles. The second kappa shape index (κ2) is 6.05. The molecule has 0 radical (unpaired) electrons. The van der Waals surface area contributed by atoms with Crippen LogP contribution >= 0.6 is 0 Å². The largest absolute Gasteiger partial charge is 0.368 e. The van der Waals surface area contributed by atoms with Crippen LogP contribution in [0.15, 0.2) is 0 Å². The minimum absolute atomic E-state index is 0.200. The second-order valence-electron chi connectivity index (χ2n) is 6.23. The summed E-state index contributed by atoms with van der Waals surface area (Å²) < 4.78 is 5.76. The van der Waals surface area contributed by atoms with Crippen LogP contribution in [0, 0.1) is 5.92 Å². The predicted molar refractivity (Wildman–Crippen MR) is 72.4 cm³/mol. The molecule has 2 aliphatic carbocycles. The molecule has 0 bridgehead atoms. The van der Waals surface area contributed by atoms with Crippen molar-refractivity contribution in [2.75, 3.05) is 6.61 Å². The summed E-state index contributed by atoms with van der Waals surface area (Å²) in [6.45, 7) is 6.82.